The van der Waals surface area contributed by atoms with Gasteiger partial charge in [-0.15, -0.1) is 12.4 Å². The second-order valence-electron chi connectivity index (χ2n) is 2.42. The first-order valence-electron chi connectivity index (χ1n) is 3.66. The Kier molecular flexibility index (Phi) is 3.03. The van der Waals surface area contributed by atoms with Crippen molar-refractivity contribution < 1.29 is 9.53 Å². The maximum atomic E-state index is 11.2. The van der Waals surface area contributed by atoms with Crippen molar-refractivity contribution >= 4 is 24.5 Å². The highest BCUT2D eigenvalue weighted by Gasteiger charge is 2.12. The Morgan fingerprint density at radius 2 is 2.08 bits per heavy atom. The van der Waals surface area contributed by atoms with E-state index in [4.69, 9.17) is 4.74 Å². The highest BCUT2D eigenvalue weighted by molar-refractivity contribution is 6.02. The quantitative estimate of drug-likeness (QED) is 0.635. The molecule has 4 heteroatoms. The van der Waals surface area contributed by atoms with Crippen molar-refractivity contribution in [3.63, 3.8) is 0 Å². The summed E-state index contributed by atoms with van der Waals surface area (Å²) in [5.41, 5.74) is 0.534. The fraction of sp³-hybridized carbons (Fsp3) is 0.111. The molecule has 0 atom stereocenters. The SMILES string of the molecule is Cl.O=C1N=CCOc2ccccc21. The molecule has 0 unspecified atom stereocenters. The molecule has 1 aliphatic rings. The molecule has 1 amide bonds. The van der Waals surface area contributed by atoms with Crippen LogP contribution in [-0.2, 0) is 0 Å². The number of hydrogen-bond acceptors (Lipinski definition) is 2. The van der Waals surface area contributed by atoms with Crippen molar-refractivity contribution in [3.8, 4) is 5.75 Å². The molecule has 13 heavy (non-hydrogen) atoms. The number of rotatable bonds is 0. The van der Waals surface area contributed by atoms with Crippen LogP contribution >= 0.6 is 12.4 Å². The lowest BCUT2D eigenvalue weighted by Crippen LogP contribution is -1.97. The minimum absolute atomic E-state index is 0. The second-order valence-corrected chi connectivity index (χ2v) is 2.42. The lowest BCUT2D eigenvalue weighted by Gasteiger charge is -2.02. The van der Waals surface area contributed by atoms with Crippen LogP contribution in [0, 0.1) is 0 Å². The number of carbonyl (C=O) groups is 1. The van der Waals surface area contributed by atoms with E-state index in [0.717, 1.165) is 0 Å². The molecule has 3 nitrogen and oxygen atoms in total. The van der Waals surface area contributed by atoms with Crippen molar-refractivity contribution in [2.45, 2.75) is 0 Å². The van der Waals surface area contributed by atoms with Crippen molar-refractivity contribution in [1.29, 1.82) is 0 Å². The zero-order chi connectivity index (χ0) is 8.39. The predicted molar refractivity (Wildman–Crippen MR) is 52.0 cm³/mol. The number of nitrogens with zero attached hydrogens (tertiary/aromatic N) is 1. The lowest BCUT2D eigenvalue weighted by molar-refractivity contribution is 0.100. The van der Waals surface area contributed by atoms with Gasteiger partial charge < -0.3 is 4.74 Å². The molecule has 0 aliphatic carbocycles. The first kappa shape index (κ1) is 9.74. The van der Waals surface area contributed by atoms with Gasteiger partial charge in [-0.05, 0) is 12.1 Å². The van der Waals surface area contributed by atoms with Crippen LogP contribution in [0.3, 0.4) is 0 Å². The van der Waals surface area contributed by atoms with Crippen LogP contribution in [0.5, 0.6) is 5.75 Å². The molecule has 0 N–H and O–H groups in total. The maximum absolute atomic E-state index is 11.2. The van der Waals surface area contributed by atoms with Gasteiger partial charge in [-0.2, -0.15) is 0 Å². The van der Waals surface area contributed by atoms with E-state index in [1.165, 1.54) is 6.21 Å². The van der Waals surface area contributed by atoms with Gasteiger partial charge in [0.05, 0.1) is 5.56 Å². The van der Waals surface area contributed by atoms with Gasteiger partial charge in [0.15, 0.2) is 0 Å². The van der Waals surface area contributed by atoms with E-state index in [0.29, 0.717) is 17.9 Å². The number of fused-ring (bicyclic) bond motifs is 1. The molecular weight excluding hydrogens is 190 g/mol. The first-order valence-corrected chi connectivity index (χ1v) is 3.66. The molecule has 0 fully saturated rings. The summed E-state index contributed by atoms with van der Waals surface area (Å²) in [6.07, 6.45) is 1.47. The van der Waals surface area contributed by atoms with E-state index in [2.05, 4.69) is 4.99 Å². The molecule has 1 heterocycles. The molecular formula is C9H8ClNO2. The summed E-state index contributed by atoms with van der Waals surface area (Å²) < 4.78 is 5.25. The minimum Gasteiger partial charge on any atom is -0.487 e. The standard InChI is InChI=1S/C9H7NO2.ClH/c11-9-7-3-1-2-4-8(7)12-6-5-10-9;/h1-5H,6H2;1H. The summed E-state index contributed by atoms with van der Waals surface area (Å²) in [4.78, 5) is 14.9. The van der Waals surface area contributed by atoms with E-state index in [-0.39, 0.29) is 18.3 Å². The Balaban J connectivity index is 0.000000845. The number of amides is 1. The molecule has 0 aromatic heterocycles. The van der Waals surface area contributed by atoms with Crippen LogP contribution in [0.15, 0.2) is 29.3 Å². The number of hydrogen-bond donors (Lipinski definition) is 0. The monoisotopic (exact) mass is 197 g/mol. The summed E-state index contributed by atoms with van der Waals surface area (Å²) in [6.45, 7) is 0.364. The fourth-order valence-corrected chi connectivity index (χ4v) is 1.09. The summed E-state index contributed by atoms with van der Waals surface area (Å²) in [5, 5.41) is 0. The van der Waals surface area contributed by atoms with Crippen LogP contribution in [0.2, 0.25) is 0 Å². The van der Waals surface area contributed by atoms with Gasteiger partial charge in [0.2, 0.25) is 0 Å². The highest BCUT2D eigenvalue weighted by atomic mass is 35.5. The Morgan fingerprint density at radius 3 is 2.92 bits per heavy atom. The zero-order valence-electron chi connectivity index (χ0n) is 6.77. The van der Waals surface area contributed by atoms with E-state index >= 15 is 0 Å². The molecule has 68 valence electrons. The smallest absolute Gasteiger partial charge is 0.280 e. The summed E-state index contributed by atoms with van der Waals surface area (Å²) in [5.74, 6) is 0.378. The largest absolute Gasteiger partial charge is 0.487 e. The molecule has 0 spiro atoms. The number of carbonyl (C=O) groups excluding carboxylic acids is 1. The van der Waals surface area contributed by atoms with E-state index in [1.807, 2.05) is 6.07 Å². The van der Waals surface area contributed by atoms with Crippen LogP contribution in [0.25, 0.3) is 0 Å². The van der Waals surface area contributed by atoms with E-state index < -0.39 is 0 Å². The number of benzene rings is 1. The first-order chi connectivity index (χ1) is 5.88. The van der Waals surface area contributed by atoms with Crippen LogP contribution in [0.4, 0.5) is 0 Å². The molecule has 0 saturated carbocycles. The molecule has 0 radical (unpaired) electrons. The Bertz CT molecular complexity index is 349. The van der Waals surface area contributed by atoms with Gasteiger partial charge in [-0.1, -0.05) is 12.1 Å². The molecule has 1 aromatic rings. The molecule has 0 bridgehead atoms. The predicted octanol–water partition coefficient (Wildman–Crippen LogP) is 1.71. The molecule has 0 saturated heterocycles. The Labute approximate surface area is 81.8 Å². The van der Waals surface area contributed by atoms with Gasteiger partial charge in [-0.25, -0.2) is 4.99 Å². The van der Waals surface area contributed by atoms with Gasteiger partial charge in [0.25, 0.3) is 5.91 Å². The summed E-state index contributed by atoms with van der Waals surface area (Å²) in [7, 11) is 0. The third kappa shape index (κ3) is 1.87. The lowest BCUT2D eigenvalue weighted by atomic mass is 10.2. The number of aliphatic imine (C=N–C) groups is 1. The third-order valence-corrected chi connectivity index (χ3v) is 1.64. The topological polar surface area (TPSA) is 38.7 Å². The fourth-order valence-electron chi connectivity index (χ4n) is 1.09. The average Bonchev–Trinajstić information content (AvgIpc) is 2.29. The summed E-state index contributed by atoms with van der Waals surface area (Å²) >= 11 is 0. The van der Waals surface area contributed by atoms with Gasteiger partial charge in [0.1, 0.15) is 12.4 Å². The van der Waals surface area contributed by atoms with Crippen LogP contribution in [-0.4, -0.2) is 18.7 Å². The normalized spacial score (nSPS) is 13.7. The zero-order valence-corrected chi connectivity index (χ0v) is 7.58. The minimum atomic E-state index is -0.233. The molecule has 1 aromatic carbocycles. The van der Waals surface area contributed by atoms with Crippen molar-refractivity contribution in [1.82, 2.24) is 0 Å². The maximum Gasteiger partial charge on any atom is 0.280 e. The van der Waals surface area contributed by atoms with E-state index in [9.17, 15) is 4.79 Å². The Hall–Kier alpha value is -1.35. The van der Waals surface area contributed by atoms with Crippen LogP contribution in [0.1, 0.15) is 10.4 Å². The van der Waals surface area contributed by atoms with Crippen molar-refractivity contribution in [2.75, 3.05) is 6.61 Å². The van der Waals surface area contributed by atoms with Gasteiger partial charge in [-0.3, -0.25) is 4.79 Å². The van der Waals surface area contributed by atoms with Crippen LogP contribution < -0.4 is 4.74 Å². The van der Waals surface area contributed by atoms with E-state index in [1.54, 1.807) is 18.2 Å². The highest BCUT2D eigenvalue weighted by Crippen LogP contribution is 2.19. The van der Waals surface area contributed by atoms with Gasteiger partial charge >= 0.3 is 0 Å². The summed E-state index contributed by atoms with van der Waals surface area (Å²) in [6, 6.07) is 7.10. The third-order valence-electron chi connectivity index (χ3n) is 1.64. The van der Waals surface area contributed by atoms with Crippen molar-refractivity contribution in [3.05, 3.63) is 29.8 Å². The van der Waals surface area contributed by atoms with Gasteiger partial charge in [0, 0.05) is 6.21 Å². The molecule has 1 aliphatic heterocycles. The second kappa shape index (κ2) is 4.05. The number of halogens is 1. The Morgan fingerprint density at radius 1 is 1.31 bits per heavy atom. The number of para-hydroxylation sites is 1. The molecule has 2 rings (SSSR count). The average molecular weight is 198 g/mol. The number of ether oxygens (including phenoxy) is 1. The van der Waals surface area contributed by atoms with Crippen molar-refractivity contribution in [2.24, 2.45) is 4.99 Å².